The van der Waals surface area contributed by atoms with Gasteiger partial charge in [-0.1, -0.05) is 12.2 Å². The van der Waals surface area contributed by atoms with Crippen LogP contribution in [0, 0.1) is 0 Å². The fourth-order valence-electron chi connectivity index (χ4n) is 1.76. The van der Waals surface area contributed by atoms with Crippen molar-refractivity contribution in [3.8, 4) is 0 Å². The molecule has 10 heavy (non-hydrogen) atoms. The monoisotopic (exact) mass is 132 g/mol. The normalized spacial score (nSPS) is 23.0. The molecule has 2 aliphatic rings. The molecule has 0 aromatic carbocycles. The van der Waals surface area contributed by atoms with Crippen molar-refractivity contribution in [1.82, 2.24) is 0 Å². The van der Waals surface area contributed by atoms with Crippen LogP contribution in [0.3, 0.4) is 0 Å². The molecule has 0 heteroatoms. The maximum absolute atomic E-state index is 2.36. The first kappa shape index (κ1) is 5.96. The molecular weight excluding hydrogens is 120 g/mol. The van der Waals surface area contributed by atoms with Crippen LogP contribution in [0.4, 0.5) is 0 Å². The second kappa shape index (κ2) is 1.85. The molecule has 2 rings (SSSR count). The Morgan fingerprint density at radius 3 is 2.80 bits per heavy atom. The van der Waals surface area contributed by atoms with Gasteiger partial charge in [0.2, 0.25) is 0 Å². The lowest BCUT2D eigenvalue weighted by Gasteiger charge is -1.96. The minimum absolute atomic E-state index is 1.26. The lowest BCUT2D eigenvalue weighted by atomic mass is 10.1. The van der Waals surface area contributed by atoms with E-state index in [4.69, 9.17) is 0 Å². The third-order valence-corrected chi connectivity index (χ3v) is 2.49. The molecule has 0 aliphatic heterocycles. The summed E-state index contributed by atoms with van der Waals surface area (Å²) in [5.41, 5.74) is 6.04. The summed E-state index contributed by atoms with van der Waals surface area (Å²) < 4.78 is 0. The standard InChI is InChI=1S/C10H12/c1-7-6-9-4-3-5-10(9)8(7)2/h5-6H,3-4H2,1-2H3. The van der Waals surface area contributed by atoms with Gasteiger partial charge in [0.1, 0.15) is 0 Å². The Hall–Kier alpha value is -0.780. The van der Waals surface area contributed by atoms with Gasteiger partial charge in [-0.15, -0.1) is 0 Å². The minimum atomic E-state index is 1.26. The topological polar surface area (TPSA) is 0 Å². The van der Waals surface area contributed by atoms with Crippen molar-refractivity contribution in [3.05, 3.63) is 34.4 Å². The van der Waals surface area contributed by atoms with Gasteiger partial charge in [-0.2, -0.15) is 0 Å². The van der Waals surface area contributed by atoms with Gasteiger partial charge in [-0.3, -0.25) is 0 Å². The van der Waals surface area contributed by atoms with E-state index in [0.29, 0.717) is 0 Å². The van der Waals surface area contributed by atoms with Gasteiger partial charge in [0.25, 0.3) is 0 Å². The van der Waals surface area contributed by atoms with Gasteiger partial charge in [0.05, 0.1) is 0 Å². The number of hydrogen-bond acceptors (Lipinski definition) is 0. The first-order valence-corrected chi connectivity index (χ1v) is 3.88. The van der Waals surface area contributed by atoms with Crippen molar-refractivity contribution in [3.63, 3.8) is 0 Å². The lowest BCUT2D eigenvalue weighted by Crippen LogP contribution is -1.77. The van der Waals surface area contributed by atoms with Crippen LogP contribution in [0.2, 0.25) is 0 Å². The predicted molar refractivity (Wildman–Crippen MR) is 43.8 cm³/mol. The van der Waals surface area contributed by atoms with E-state index in [2.05, 4.69) is 26.0 Å². The first-order valence-electron chi connectivity index (χ1n) is 3.88. The Morgan fingerprint density at radius 1 is 1.30 bits per heavy atom. The smallest absolute Gasteiger partial charge is 0.0232 e. The van der Waals surface area contributed by atoms with E-state index in [1.165, 1.54) is 29.6 Å². The summed E-state index contributed by atoms with van der Waals surface area (Å²) in [6, 6.07) is 0. The minimum Gasteiger partial charge on any atom is -0.0764 e. The molecule has 0 bridgehead atoms. The Morgan fingerprint density at radius 2 is 2.10 bits per heavy atom. The van der Waals surface area contributed by atoms with Crippen LogP contribution >= 0.6 is 0 Å². The molecule has 52 valence electrons. The molecule has 0 atom stereocenters. The van der Waals surface area contributed by atoms with Crippen LogP contribution in [-0.2, 0) is 0 Å². The Labute approximate surface area is 61.9 Å². The van der Waals surface area contributed by atoms with Gasteiger partial charge in [0, 0.05) is 0 Å². The fraction of sp³-hybridized carbons (Fsp3) is 0.400. The summed E-state index contributed by atoms with van der Waals surface area (Å²) in [6.45, 7) is 4.41. The highest BCUT2D eigenvalue weighted by Gasteiger charge is 2.18. The van der Waals surface area contributed by atoms with Gasteiger partial charge in [-0.05, 0) is 49.0 Å². The van der Waals surface area contributed by atoms with Crippen LogP contribution < -0.4 is 0 Å². The lowest BCUT2D eigenvalue weighted by molar-refractivity contribution is 1.06. The number of hydrogen-bond donors (Lipinski definition) is 0. The summed E-state index contributed by atoms with van der Waals surface area (Å²) in [5.74, 6) is 0. The van der Waals surface area contributed by atoms with Crippen molar-refractivity contribution in [1.29, 1.82) is 0 Å². The SMILES string of the molecule is CC1=C(C)C2=CCCC2=C1. The van der Waals surface area contributed by atoms with E-state index in [0.717, 1.165) is 0 Å². The molecule has 0 aromatic rings. The largest absolute Gasteiger partial charge is 0.0764 e. The molecule has 0 radical (unpaired) electrons. The molecule has 0 N–H and O–H groups in total. The zero-order valence-electron chi connectivity index (χ0n) is 6.57. The molecule has 0 nitrogen and oxygen atoms in total. The van der Waals surface area contributed by atoms with E-state index in [1.54, 1.807) is 5.57 Å². The molecule has 0 saturated heterocycles. The Kier molecular flexibility index (Phi) is 1.10. The highest BCUT2D eigenvalue weighted by molar-refractivity contribution is 5.59. The zero-order valence-corrected chi connectivity index (χ0v) is 6.57. The maximum atomic E-state index is 2.36. The van der Waals surface area contributed by atoms with Crippen LogP contribution in [0.25, 0.3) is 0 Å². The van der Waals surface area contributed by atoms with Crippen molar-refractivity contribution >= 4 is 0 Å². The molecule has 0 unspecified atom stereocenters. The summed E-state index contributed by atoms with van der Waals surface area (Å²) >= 11 is 0. The Bertz CT molecular complexity index is 258. The summed E-state index contributed by atoms with van der Waals surface area (Å²) in [7, 11) is 0. The third-order valence-electron chi connectivity index (χ3n) is 2.49. The average Bonchev–Trinajstić information content (AvgIpc) is 2.41. The molecule has 0 amide bonds. The highest BCUT2D eigenvalue weighted by atomic mass is 14.2. The molecule has 0 saturated carbocycles. The van der Waals surface area contributed by atoms with E-state index in [-0.39, 0.29) is 0 Å². The molecular formula is C10H12. The van der Waals surface area contributed by atoms with E-state index < -0.39 is 0 Å². The average molecular weight is 132 g/mol. The number of allylic oxidation sites excluding steroid dienone is 6. The van der Waals surface area contributed by atoms with E-state index >= 15 is 0 Å². The maximum Gasteiger partial charge on any atom is -0.0232 e. The molecule has 0 fully saturated rings. The van der Waals surface area contributed by atoms with Crippen LogP contribution in [-0.4, -0.2) is 0 Å². The van der Waals surface area contributed by atoms with Crippen LogP contribution in [0.15, 0.2) is 34.4 Å². The van der Waals surface area contributed by atoms with E-state index in [1.807, 2.05) is 0 Å². The highest BCUT2D eigenvalue weighted by Crippen LogP contribution is 2.37. The second-order valence-electron chi connectivity index (χ2n) is 3.13. The predicted octanol–water partition coefficient (Wildman–Crippen LogP) is 2.98. The summed E-state index contributed by atoms with van der Waals surface area (Å²) in [6.07, 6.45) is 7.21. The van der Waals surface area contributed by atoms with Crippen molar-refractivity contribution in [2.24, 2.45) is 0 Å². The number of fused-ring (bicyclic) bond motifs is 1. The summed E-state index contributed by atoms with van der Waals surface area (Å²) in [5, 5.41) is 0. The van der Waals surface area contributed by atoms with E-state index in [9.17, 15) is 0 Å². The zero-order chi connectivity index (χ0) is 7.14. The quantitative estimate of drug-likeness (QED) is 0.475. The summed E-state index contributed by atoms with van der Waals surface area (Å²) in [4.78, 5) is 0. The van der Waals surface area contributed by atoms with Gasteiger partial charge in [-0.25, -0.2) is 0 Å². The van der Waals surface area contributed by atoms with Crippen LogP contribution in [0.5, 0.6) is 0 Å². The van der Waals surface area contributed by atoms with Crippen molar-refractivity contribution in [2.45, 2.75) is 26.7 Å². The van der Waals surface area contributed by atoms with Gasteiger partial charge < -0.3 is 0 Å². The Balaban J connectivity index is 2.51. The van der Waals surface area contributed by atoms with Gasteiger partial charge >= 0.3 is 0 Å². The molecule has 0 heterocycles. The molecule has 2 aliphatic carbocycles. The van der Waals surface area contributed by atoms with Gasteiger partial charge in [0.15, 0.2) is 0 Å². The fourth-order valence-corrected chi connectivity index (χ4v) is 1.76. The number of rotatable bonds is 0. The van der Waals surface area contributed by atoms with Crippen molar-refractivity contribution in [2.75, 3.05) is 0 Å². The second-order valence-corrected chi connectivity index (χ2v) is 3.13. The third kappa shape index (κ3) is 0.620. The van der Waals surface area contributed by atoms with Crippen LogP contribution in [0.1, 0.15) is 26.7 Å². The first-order chi connectivity index (χ1) is 4.79. The molecule has 0 aromatic heterocycles. The molecule has 0 spiro atoms. The van der Waals surface area contributed by atoms with Crippen molar-refractivity contribution < 1.29 is 0 Å².